The molecule has 10 nitrogen and oxygen atoms in total. The lowest BCUT2D eigenvalue weighted by atomic mass is 10.3. The van der Waals surface area contributed by atoms with Gasteiger partial charge in [-0.2, -0.15) is 5.10 Å². The van der Waals surface area contributed by atoms with Gasteiger partial charge in [-0.05, 0) is 42.8 Å². The van der Waals surface area contributed by atoms with Gasteiger partial charge in [0.2, 0.25) is 5.91 Å². The van der Waals surface area contributed by atoms with Gasteiger partial charge in [-0.25, -0.2) is 19.0 Å². The minimum atomic E-state index is -0.544. The fourth-order valence-electron chi connectivity index (χ4n) is 2.91. The Kier molecular flexibility index (Phi) is 6.61. The van der Waals surface area contributed by atoms with Gasteiger partial charge >= 0.3 is 5.69 Å². The molecule has 0 saturated heterocycles. The van der Waals surface area contributed by atoms with Crippen LogP contribution in [-0.2, 0) is 17.9 Å². The molecule has 0 aliphatic carbocycles. The number of hydrogen-bond donors (Lipinski definition) is 2. The summed E-state index contributed by atoms with van der Waals surface area (Å²) in [6, 6.07) is 10.2. The summed E-state index contributed by atoms with van der Waals surface area (Å²) < 4.78 is 2.22. The van der Waals surface area contributed by atoms with Crippen LogP contribution in [0.25, 0.3) is 5.13 Å². The van der Waals surface area contributed by atoms with E-state index in [0.717, 1.165) is 21.6 Å². The van der Waals surface area contributed by atoms with E-state index in [4.69, 9.17) is 11.6 Å². The first-order valence-corrected chi connectivity index (χ1v) is 10.9. The average molecular weight is 484 g/mol. The van der Waals surface area contributed by atoms with E-state index in [1.165, 1.54) is 10.9 Å². The van der Waals surface area contributed by atoms with Gasteiger partial charge in [0, 0.05) is 29.6 Å². The molecule has 168 valence electrons. The largest absolute Gasteiger partial charge is 0.352 e. The Morgan fingerprint density at radius 3 is 2.70 bits per heavy atom. The molecule has 0 unspecified atom stereocenters. The van der Waals surface area contributed by atoms with Crippen LogP contribution in [0.1, 0.15) is 20.9 Å². The highest BCUT2D eigenvalue weighted by Gasteiger charge is 2.19. The van der Waals surface area contributed by atoms with E-state index in [9.17, 15) is 14.4 Å². The van der Waals surface area contributed by atoms with E-state index in [1.54, 1.807) is 49.6 Å². The molecule has 0 bridgehead atoms. The molecule has 0 saturated carbocycles. The molecule has 12 heteroatoms. The van der Waals surface area contributed by atoms with E-state index in [-0.39, 0.29) is 17.6 Å². The molecule has 0 aliphatic heterocycles. The Hall–Kier alpha value is -3.83. The van der Waals surface area contributed by atoms with Crippen LogP contribution in [0.5, 0.6) is 0 Å². The third-order valence-corrected chi connectivity index (χ3v) is 5.94. The molecule has 0 atom stereocenters. The number of aromatic nitrogens is 5. The van der Waals surface area contributed by atoms with Gasteiger partial charge in [0.05, 0.1) is 5.69 Å². The van der Waals surface area contributed by atoms with Crippen LogP contribution in [0.15, 0.2) is 59.9 Å². The van der Waals surface area contributed by atoms with E-state index in [0.29, 0.717) is 27.8 Å². The van der Waals surface area contributed by atoms with Gasteiger partial charge in [0.15, 0.2) is 5.13 Å². The quantitative estimate of drug-likeness (QED) is 0.416. The van der Waals surface area contributed by atoms with E-state index in [2.05, 4.69) is 25.7 Å². The molecule has 4 aromatic rings. The van der Waals surface area contributed by atoms with Crippen molar-refractivity contribution in [2.45, 2.75) is 20.0 Å². The highest BCUT2D eigenvalue weighted by molar-refractivity contribution is 7.16. The van der Waals surface area contributed by atoms with Crippen molar-refractivity contribution in [2.75, 3.05) is 5.32 Å². The van der Waals surface area contributed by atoms with E-state index < -0.39 is 11.6 Å². The van der Waals surface area contributed by atoms with Gasteiger partial charge in [-0.1, -0.05) is 29.0 Å². The van der Waals surface area contributed by atoms with Gasteiger partial charge in [-0.3, -0.25) is 14.6 Å². The molecule has 2 N–H and O–H groups in total. The molecule has 33 heavy (non-hydrogen) atoms. The third kappa shape index (κ3) is 5.33. The molecule has 2 amide bonds. The zero-order chi connectivity index (χ0) is 23.4. The summed E-state index contributed by atoms with van der Waals surface area (Å²) in [6.07, 6.45) is 4.60. The number of carbonyl (C=O) groups excluding carboxylic acids is 2. The first-order valence-electron chi connectivity index (χ1n) is 9.75. The molecule has 0 spiro atoms. The van der Waals surface area contributed by atoms with Gasteiger partial charge < -0.3 is 10.6 Å². The van der Waals surface area contributed by atoms with Gasteiger partial charge in [0.25, 0.3) is 5.91 Å². The standard InChI is InChI=1S/C21H18ClN7O3S/c1-13-18(19(31)24-10-14-3-2-8-23-9-14)33-20(26-13)28-12-25-29(21(28)32)11-17(30)27-16-6-4-15(22)5-7-16/h2-9,12H,10-11H2,1H3,(H,24,31)(H,27,30). The predicted octanol–water partition coefficient (Wildman–Crippen LogP) is 2.42. The maximum absolute atomic E-state index is 12.7. The van der Waals surface area contributed by atoms with Crippen LogP contribution in [0.4, 0.5) is 5.69 Å². The molecule has 0 fully saturated rings. The van der Waals surface area contributed by atoms with Crippen LogP contribution in [0.2, 0.25) is 5.02 Å². The number of pyridine rings is 1. The lowest BCUT2D eigenvalue weighted by molar-refractivity contribution is -0.117. The number of benzene rings is 1. The summed E-state index contributed by atoms with van der Waals surface area (Å²) in [6.45, 7) is 1.73. The van der Waals surface area contributed by atoms with Crippen LogP contribution in [-0.4, -0.2) is 36.1 Å². The molecule has 3 aromatic heterocycles. The van der Waals surface area contributed by atoms with Gasteiger partial charge in [-0.15, -0.1) is 0 Å². The Morgan fingerprint density at radius 1 is 1.18 bits per heavy atom. The molecule has 0 aliphatic rings. The van der Waals surface area contributed by atoms with Crippen molar-refractivity contribution >= 4 is 40.4 Å². The summed E-state index contributed by atoms with van der Waals surface area (Å²) >= 11 is 6.90. The second-order valence-electron chi connectivity index (χ2n) is 6.95. The van der Waals surface area contributed by atoms with Crippen LogP contribution in [0.3, 0.4) is 0 Å². The number of aryl methyl sites for hydroxylation is 1. The third-order valence-electron chi connectivity index (χ3n) is 4.53. The predicted molar refractivity (Wildman–Crippen MR) is 124 cm³/mol. The number of hydrogen-bond acceptors (Lipinski definition) is 7. The smallest absolute Gasteiger partial charge is 0.347 e. The van der Waals surface area contributed by atoms with Crippen molar-refractivity contribution in [2.24, 2.45) is 0 Å². The Balaban J connectivity index is 1.44. The summed E-state index contributed by atoms with van der Waals surface area (Å²) in [4.78, 5) is 46.3. The number of nitrogens with zero attached hydrogens (tertiary/aromatic N) is 5. The maximum Gasteiger partial charge on any atom is 0.352 e. The Morgan fingerprint density at radius 2 is 1.97 bits per heavy atom. The zero-order valence-electron chi connectivity index (χ0n) is 17.4. The number of halogens is 1. The second kappa shape index (κ2) is 9.76. The molecule has 4 rings (SSSR count). The fraction of sp³-hybridized carbons (Fsp3) is 0.143. The first-order chi connectivity index (χ1) is 15.9. The number of amides is 2. The van der Waals surface area contributed by atoms with Crippen LogP contribution >= 0.6 is 22.9 Å². The highest BCUT2D eigenvalue weighted by Crippen LogP contribution is 2.20. The first kappa shape index (κ1) is 22.4. The maximum atomic E-state index is 12.7. The minimum Gasteiger partial charge on any atom is -0.347 e. The van der Waals surface area contributed by atoms with E-state index >= 15 is 0 Å². The number of rotatable bonds is 7. The summed E-state index contributed by atoms with van der Waals surface area (Å²) in [5, 5.41) is 10.3. The van der Waals surface area contributed by atoms with Crippen molar-refractivity contribution < 1.29 is 9.59 Å². The average Bonchev–Trinajstić information content (AvgIpc) is 3.36. The van der Waals surface area contributed by atoms with Crippen LogP contribution in [0, 0.1) is 6.92 Å². The van der Waals surface area contributed by atoms with Crippen molar-refractivity contribution in [3.8, 4) is 5.13 Å². The second-order valence-corrected chi connectivity index (χ2v) is 8.37. The molecule has 3 heterocycles. The monoisotopic (exact) mass is 483 g/mol. The summed E-state index contributed by atoms with van der Waals surface area (Å²) in [5.41, 5.74) is 1.35. The van der Waals surface area contributed by atoms with Crippen molar-refractivity contribution in [3.63, 3.8) is 0 Å². The zero-order valence-corrected chi connectivity index (χ0v) is 18.9. The van der Waals surface area contributed by atoms with Crippen LogP contribution < -0.4 is 16.3 Å². The molecule has 1 aromatic carbocycles. The SMILES string of the molecule is Cc1nc(-n2cnn(CC(=O)Nc3ccc(Cl)cc3)c2=O)sc1C(=O)NCc1cccnc1. The minimum absolute atomic E-state index is 0.280. The lowest BCUT2D eigenvalue weighted by Gasteiger charge is -2.04. The molecule has 0 radical (unpaired) electrons. The molecular formula is C21H18ClN7O3S. The number of anilines is 1. The number of thiazole rings is 1. The van der Waals surface area contributed by atoms with Gasteiger partial charge in [0.1, 0.15) is 17.7 Å². The highest BCUT2D eigenvalue weighted by atomic mass is 35.5. The normalized spacial score (nSPS) is 10.7. The number of nitrogens with one attached hydrogen (secondary N) is 2. The molecular weight excluding hydrogens is 466 g/mol. The summed E-state index contributed by atoms with van der Waals surface area (Å²) in [7, 11) is 0. The Bertz CT molecular complexity index is 1350. The van der Waals surface area contributed by atoms with E-state index in [1.807, 2.05) is 6.07 Å². The Labute approximate surface area is 196 Å². The van der Waals surface area contributed by atoms with Crippen molar-refractivity contribution in [1.82, 2.24) is 29.6 Å². The van der Waals surface area contributed by atoms with Crippen molar-refractivity contribution in [3.05, 3.63) is 86.8 Å². The van der Waals surface area contributed by atoms with Crippen molar-refractivity contribution in [1.29, 1.82) is 0 Å². The fourth-order valence-corrected chi connectivity index (χ4v) is 3.98. The summed E-state index contributed by atoms with van der Waals surface area (Å²) in [5.74, 6) is -0.724. The lowest BCUT2D eigenvalue weighted by Crippen LogP contribution is -2.29. The topological polar surface area (TPSA) is 124 Å². The number of carbonyl (C=O) groups is 2.